The Morgan fingerprint density at radius 3 is 1.26 bits per heavy atom. The Kier molecular flexibility index (Phi) is 28.7. The van der Waals surface area contributed by atoms with E-state index in [9.17, 15) is 4.79 Å². The summed E-state index contributed by atoms with van der Waals surface area (Å²) >= 11 is 0. The lowest BCUT2D eigenvalue weighted by Gasteiger charge is -2.10. The molecule has 1 aromatic carbocycles. The molecule has 0 aliphatic rings. The highest BCUT2D eigenvalue weighted by atomic mass is 16.6. The number of alkyl carbamates (subject to hydrolysis) is 1. The molecule has 250 valence electrons. The van der Waals surface area contributed by atoms with Crippen molar-refractivity contribution in [3.8, 4) is 0 Å². The third kappa shape index (κ3) is 29.9. The molecule has 1 N–H and O–H groups in total. The molecule has 13 nitrogen and oxygen atoms in total. The normalized spacial score (nSPS) is 11.3. The van der Waals surface area contributed by atoms with E-state index in [1.54, 1.807) is 0 Å². The van der Waals surface area contributed by atoms with Gasteiger partial charge < -0.3 is 57.6 Å². The number of ether oxygens (including phenoxy) is 10. The van der Waals surface area contributed by atoms with Crippen LogP contribution in [0.15, 0.2) is 30.3 Å². The zero-order valence-corrected chi connectivity index (χ0v) is 26.2. The summed E-state index contributed by atoms with van der Waals surface area (Å²) in [6.45, 7) is 10.8. The molecule has 0 radical (unpaired) electrons. The van der Waals surface area contributed by atoms with Gasteiger partial charge in [0, 0.05) is 13.1 Å². The van der Waals surface area contributed by atoms with Gasteiger partial charge in [-0.25, -0.2) is 4.79 Å². The number of nitrogens with one attached hydrogen (secondary N) is 1. The SMILES string of the molecule is CN(C)CCOCCOCCOCCOCCOCCOCCOCCOCCOCCNC(=O)OCc1ccccc1. The van der Waals surface area contributed by atoms with Crippen molar-refractivity contribution in [3.05, 3.63) is 35.9 Å². The fraction of sp³-hybridized carbons (Fsp3) is 0.767. The van der Waals surface area contributed by atoms with E-state index in [1.165, 1.54) is 0 Å². The molecule has 0 aliphatic heterocycles. The van der Waals surface area contributed by atoms with Crippen molar-refractivity contribution in [2.45, 2.75) is 6.61 Å². The van der Waals surface area contributed by atoms with Crippen LogP contribution in [0.4, 0.5) is 4.79 Å². The first-order valence-corrected chi connectivity index (χ1v) is 15.0. The number of hydrogen-bond acceptors (Lipinski definition) is 12. The number of hydrogen-bond donors (Lipinski definition) is 1. The first-order valence-electron chi connectivity index (χ1n) is 15.0. The third-order valence-electron chi connectivity index (χ3n) is 5.39. The molecule has 0 atom stereocenters. The Morgan fingerprint density at radius 2 is 0.884 bits per heavy atom. The summed E-state index contributed by atoms with van der Waals surface area (Å²) < 4.78 is 54.2. The van der Waals surface area contributed by atoms with Gasteiger partial charge in [0.1, 0.15) is 6.61 Å². The molecule has 0 spiro atoms. The predicted molar refractivity (Wildman–Crippen MR) is 161 cm³/mol. The standard InChI is InChI=1S/C30H54N2O11/c1-32(2)9-11-35-13-15-37-17-19-39-21-23-41-25-27-42-26-24-40-22-20-38-18-16-36-14-12-34-10-8-31-30(33)43-28-29-6-4-3-5-7-29/h3-7H,8-28H2,1-2H3,(H,31,33). The number of benzene rings is 1. The molecule has 1 aromatic rings. The van der Waals surface area contributed by atoms with Crippen LogP contribution in [-0.4, -0.2) is 157 Å². The molecule has 0 fully saturated rings. The topological polar surface area (TPSA) is 125 Å². The van der Waals surface area contributed by atoms with Crippen molar-refractivity contribution in [2.75, 3.05) is 146 Å². The number of likely N-dealkylation sites (N-methyl/N-ethyl adjacent to an activating group) is 1. The molecule has 0 aliphatic carbocycles. The largest absolute Gasteiger partial charge is 0.445 e. The molecule has 0 bridgehead atoms. The van der Waals surface area contributed by atoms with E-state index in [-0.39, 0.29) is 6.61 Å². The Hall–Kier alpha value is -1.91. The van der Waals surface area contributed by atoms with Crippen molar-refractivity contribution in [3.63, 3.8) is 0 Å². The minimum absolute atomic E-state index is 0.241. The summed E-state index contributed by atoms with van der Waals surface area (Å²) in [5, 5.41) is 2.64. The number of amides is 1. The van der Waals surface area contributed by atoms with Gasteiger partial charge in [0.2, 0.25) is 0 Å². The number of carbonyl (C=O) groups excluding carboxylic acids is 1. The molecule has 1 rings (SSSR count). The number of nitrogens with zero attached hydrogens (tertiary/aromatic N) is 1. The first-order chi connectivity index (χ1) is 21.2. The van der Waals surface area contributed by atoms with Crippen LogP contribution in [0.2, 0.25) is 0 Å². The van der Waals surface area contributed by atoms with Crippen molar-refractivity contribution in [1.29, 1.82) is 0 Å². The van der Waals surface area contributed by atoms with Gasteiger partial charge >= 0.3 is 6.09 Å². The van der Waals surface area contributed by atoms with Crippen molar-refractivity contribution >= 4 is 6.09 Å². The minimum atomic E-state index is -0.466. The third-order valence-corrected chi connectivity index (χ3v) is 5.39. The van der Waals surface area contributed by atoms with Gasteiger partial charge in [-0.2, -0.15) is 0 Å². The maximum absolute atomic E-state index is 11.6. The van der Waals surface area contributed by atoms with Crippen molar-refractivity contribution < 1.29 is 52.2 Å². The van der Waals surface area contributed by atoms with Gasteiger partial charge in [-0.3, -0.25) is 0 Å². The fourth-order valence-corrected chi connectivity index (χ4v) is 3.11. The van der Waals surface area contributed by atoms with Crippen molar-refractivity contribution in [1.82, 2.24) is 10.2 Å². The molecule has 13 heteroatoms. The second-order valence-electron chi connectivity index (χ2n) is 9.30. The zero-order valence-electron chi connectivity index (χ0n) is 26.2. The molecule has 0 saturated heterocycles. The Bertz CT molecular complexity index is 717. The first kappa shape index (κ1) is 39.1. The molecule has 0 unspecified atom stereocenters. The maximum atomic E-state index is 11.6. The fourth-order valence-electron chi connectivity index (χ4n) is 3.11. The molecule has 1 amide bonds. The van der Waals surface area contributed by atoms with Gasteiger partial charge in [-0.05, 0) is 19.7 Å². The summed E-state index contributed by atoms with van der Waals surface area (Å²) in [5.41, 5.74) is 0.940. The lowest BCUT2D eigenvalue weighted by Crippen LogP contribution is -2.28. The van der Waals surface area contributed by atoms with Crippen LogP contribution in [-0.2, 0) is 54.0 Å². The Balaban J connectivity index is 1.65. The summed E-state index contributed by atoms with van der Waals surface area (Å²) in [7, 11) is 4.03. The van der Waals surface area contributed by atoms with E-state index in [4.69, 9.17) is 47.4 Å². The average molecular weight is 619 g/mol. The predicted octanol–water partition coefficient (Wildman–Crippen LogP) is 1.62. The van der Waals surface area contributed by atoms with Crippen LogP contribution in [0, 0.1) is 0 Å². The van der Waals surface area contributed by atoms with Gasteiger partial charge in [0.15, 0.2) is 0 Å². The summed E-state index contributed by atoms with van der Waals surface area (Å²) in [6.07, 6.45) is -0.466. The van der Waals surface area contributed by atoms with E-state index in [1.807, 2.05) is 44.4 Å². The van der Waals surface area contributed by atoms with Gasteiger partial charge in [0.05, 0.1) is 119 Å². The molecule has 43 heavy (non-hydrogen) atoms. The van der Waals surface area contributed by atoms with Gasteiger partial charge in [0.25, 0.3) is 0 Å². The lowest BCUT2D eigenvalue weighted by molar-refractivity contribution is -0.0251. The second kappa shape index (κ2) is 31.5. The summed E-state index contributed by atoms with van der Waals surface area (Å²) in [5.74, 6) is 0. The monoisotopic (exact) mass is 618 g/mol. The van der Waals surface area contributed by atoms with E-state index in [0.29, 0.717) is 125 Å². The average Bonchev–Trinajstić information content (AvgIpc) is 3.01. The summed E-state index contributed by atoms with van der Waals surface area (Å²) in [6, 6.07) is 9.51. The van der Waals surface area contributed by atoms with E-state index < -0.39 is 6.09 Å². The highest BCUT2D eigenvalue weighted by Crippen LogP contribution is 2.00. The van der Waals surface area contributed by atoms with Gasteiger partial charge in [-0.1, -0.05) is 30.3 Å². The van der Waals surface area contributed by atoms with Crippen molar-refractivity contribution in [2.24, 2.45) is 0 Å². The second-order valence-corrected chi connectivity index (χ2v) is 9.30. The van der Waals surface area contributed by atoms with Crippen LogP contribution >= 0.6 is 0 Å². The van der Waals surface area contributed by atoms with Crippen LogP contribution in [0.1, 0.15) is 5.56 Å². The highest BCUT2D eigenvalue weighted by Gasteiger charge is 2.02. The van der Waals surface area contributed by atoms with Crippen LogP contribution in [0.25, 0.3) is 0 Å². The van der Waals surface area contributed by atoms with Crippen LogP contribution in [0.3, 0.4) is 0 Å². The highest BCUT2D eigenvalue weighted by molar-refractivity contribution is 5.67. The lowest BCUT2D eigenvalue weighted by atomic mass is 10.2. The molecule has 0 saturated carbocycles. The quantitative estimate of drug-likeness (QED) is 0.118. The van der Waals surface area contributed by atoms with Crippen LogP contribution in [0.5, 0.6) is 0 Å². The summed E-state index contributed by atoms with van der Waals surface area (Å²) in [4.78, 5) is 13.7. The Labute approximate surface area is 257 Å². The van der Waals surface area contributed by atoms with E-state index >= 15 is 0 Å². The number of carbonyl (C=O) groups is 1. The van der Waals surface area contributed by atoms with Gasteiger partial charge in [-0.15, -0.1) is 0 Å². The van der Waals surface area contributed by atoms with Crippen LogP contribution < -0.4 is 5.32 Å². The molecule has 0 heterocycles. The molecular weight excluding hydrogens is 564 g/mol. The molecule has 0 aromatic heterocycles. The maximum Gasteiger partial charge on any atom is 0.407 e. The smallest absolute Gasteiger partial charge is 0.407 e. The van der Waals surface area contributed by atoms with E-state index in [0.717, 1.165) is 12.1 Å². The van der Waals surface area contributed by atoms with E-state index in [2.05, 4.69) is 10.2 Å². The molecular formula is C30H54N2O11. The Morgan fingerprint density at radius 1 is 0.535 bits per heavy atom. The minimum Gasteiger partial charge on any atom is -0.445 e. The number of rotatable bonds is 32. The zero-order chi connectivity index (χ0) is 30.9.